The Bertz CT molecular complexity index is 2570. The predicted octanol–water partition coefficient (Wildman–Crippen LogP) is 4.70. The monoisotopic (exact) mass is 952 g/mol. The van der Waals surface area contributed by atoms with Crippen molar-refractivity contribution in [3.63, 3.8) is 0 Å². The summed E-state index contributed by atoms with van der Waals surface area (Å²) in [6, 6.07) is 27.5. The van der Waals surface area contributed by atoms with Crippen LogP contribution in [-0.2, 0) is 33.3 Å². The van der Waals surface area contributed by atoms with Gasteiger partial charge >= 0.3 is 18.2 Å². The summed E-state index contributed by atoms with van der Waals surface area (Å²) in [5.74, 6) is -0.975. The van der Waals surface area contributed by atoms with Crippen molar-refractivity contribution in [1.29, 1.82) is 10.8 Å². The maximum atomic E-state index is 12.6. The fourth-order valence-electron chi connectivity index (χ4n) is 7.35. The Morgan fingerprint density at radius 3 is 1.50 bits per heavy atom. The number of benzene rings is 4. The molecule has 3 heterocycles. The van der Waals surface area contributed by atoms with Gasteiger partial charge in [-0.1, -0.05) is 35.4 Å². The van der Waals surface area contributed by atoms with Crippen LogP contribution in [0.15, 0.2) is 97.1 Å². The van der Waals surface area contributed by atoms with Crippen molar-refractivity contribution in [2.45, 2.75) is 39.4 Å². The molecule has 0 spiro atoms. The second-order valence-electron chi connectivity index (χ2n) is 16.4. The number of ether oxygens (including phenoxy) is 3. The number of amides is 4. The molecule has 4 amide bonds. The van der Waals surface area contributed by atoms with E-state index in [1.54, 1.807) is 77.7 Å². The molecule has 3 saturated heterocycles. The number of aryl methyl sites for hydroxylation is 2. The fraction of sp³-hybridized carbons (Fsp3) is 0.354. The third-order valence-electron chi connectivity index (χ3n) is 11.1. The van der Waals surface area contributed by atoms with Crippen LogP contribution in [0.4, 0.5) is 21.0 Å². The minimum absolute atomic E-state index is 0.00889. The Morgan fingerprint density at radius 2 is 1.06 bits per heavy atom. The van der Waals surface area contributed by atoms with Crippen molar-refractivity contribution < 1.29 is 50.8 Å². The Labute approximate surface area is 395 Å². The average Bonchev–Trinajstić information content (AvgIpc) is 3.89. The lowest BCUT2D eigenvalue weighted by Gasteiger charge is -2.35. The van der Waals surface area contributed by atoms with Crippen LogP contribution in [0.25, 0.3) is 0 Å². The van der Waals surface area contributed by atoms with E-state index < -0.39 is 28.4 Å². The van der Waals surface area contributed by atoms with E-state index in [9.17, 15) is 32.4 Å². The molecule has 19 nitrogen and oxygen atoms in total. The van der Waals surface area contributed by atoms with E-state index in [1.165, 1.54) is 4.90 Å². The third kappa shape index (κ3) is 14.5. The molecule has 0 radical (unpaired) electrons. The molecule has 0 aliphatic carbocycles. The van der Waals surface area contributed by atoms with Crippen molar-refractivity contribution in [3.05, 3.63) is 130 Å². The number of amidine groups is 2. The van der Waals surface area contributed by atoms with Crippen LogP contribution >= 0.6 is 0 Å². The Hall–Kier alpha value is -7.00. The predicted molar refractivity (Wildman–Crippen MR) is 254 cm³/mol. The smallest absolute Gasteiger partial charge is 0.414 e. The molecule has 3 fully saturated rings. The van der Waals surface area contributed by atoms with Gasteiger partial charge in [-0.3, -0.25) is 44.1 Å². The van der Waals surface area contributed by atoms with Gasteiger partial charge in [-0.25, -0.2) is 9.59 Å². The van der Waals surface area contributed by atoms with Crippen molar-refractivity contribution in [2.75, 3.05) is 81.6 Å². The second-order valence-corrected chi connectivity index (χ2v) is 18.0. The highest BCUT2D eigenvalue weighted by molar-refractivity contribution is 7.86. The van der Waals surface area contributed by atoms with Gasteiger partial charge in [0.25, 0.3) is 21.9 Å². The van der Waals surface area contributed by atoms with Crippen LogP contribution < -0.4 is 20.4 Å². The van der Waals surface area contributed by atoms with Crippen LogP contribution in [0, 0.1) is 24.7 Å². The number of nitrogens with one attached hydrogen (secondary N) is 4. The van der Waals surface area contributed by atoms with Gasteiger partial charge in [0.15, 0.2) is 0 Å². The van der Waals surface area contributed by atoms with Gasteiger partial charge in [-0.05, 0) is 93.6 Å². The Kier molecular flexibility index (Phi) is 17.2. The van der Waals surface area contributed by atoms with E-state index in [1.807, 2.05) is 45.0 Å². The number of hydrogen-bond acceptors (Lipinski definition) is 15. The molecule has 4 N–H and O–H groups in total. The normalized spacial score (nSPS) is 17.4. The molecule has 68 heavy (non-hydrogen) atoms. The maximum absolute atomic E-state index is 12.6. The fourth-order valence-corrected chi connectivity index (χ4v) is 7.75. The molecule has 360 valence electrons. The van der Waals surface area contributed by atoms with Crippen LogP contribution in [0.3, 0.4) is 0 Å². The second kappa shape index (κ2) is 23.1. The minimum atomic E-state index is -3.63. The molecule has 2 atom stereocenters. The van der Waals surface area contributed by atoms with Gasteiger partial charge in [0.2, 0.25) is 0 Å². The van der Waals surface area contributed by atoms with Crippen molar-refractivity contribution in [3.8, 4) is 0 Å². The van der Waals surface area contributed by atoms with Gasteiger partial charge in [-0.2, -0.15) is 8.42 Å². The van der Waals surface area contributed by atoms with Gasteiger partial charge in [0.05, 0.1) is 32.4 Å². The molecular weight excluding hydrogens is 897 g/mol. The molecular formula is C48H56N8O11S. The number of rotatable bonds is 15. The van der Waals surface area contributed by atoms with E-state index in [0.717, 1.165) is 43.6 Å². The van der Waals surface area contributed by atoms with Gasteiger partial charge in [-0.15, -0.1) is 0 Å². The SMILES string of the molecule is CCOC(=O)CCN1CCN(CC2CN(c3ccc(C(=N)NC(=O)c4ccc(C)cc4)cc3)C(=O)O2)CC1.Cc1ccc(C(=O)NC(=N)c2ccc(N3CC(COS(C)(=O)=O)OC3=O)cc2)cc1. The number of anilines is 2. The topological polar surface area (TPSA) is 241 Å². The largest absolute Gasteiger partial charge is 0.466 e. The molecule has 3 aliphatic rings. The van der Waals surface area contributed by atoms with Crippen molar-refractivity contribution >= 4 is 63.1 Å². The summed E-state index contributed by atoms with van der Waals surface area (Å²) in [4.78, 5) is 68.3. The summed E-state index contributed by atoms with van der Waals surface area (Å²) < 4.78 is 42.6. The van der Waals surface area contributed by atoms with Gasteiger partial charge in [0, 0.05) is 72.9 Å². The molecule has 4 aromatic carbocycles. The van der Waals surface area contributed by atoms with Crippen LogP contribution in [0.2, 0.25) is 0 Å². The number of nitrogens with zero attached hydrogens (tertiary/aromatic N) is 4. The highest BCUT2D eigenvalue weighted by Crippen LogP contribution is 2.24. The summed E-state index contributed by atoms with van der Waals surface area (Å²) in [6.45, 7) is 11.2. The maximum Gasteiger partial charge on any atom is 0.414 e. The van der Waals surface area contributed by atoms with E-state index in [-0.39, 0.29) is 48.7 Å². The number of esters is 1. The lowest BCUT2D eigenvalue weighted by molar-refractivity contribution is -0.143. The molecule has 20 heteroatoms. The Morgan fingerprint density at radius 1 is 0.647 bits per heavy atom. The van der Waals surface area contributed by atoms with Crippen LogP contribution in [-0.4, -0.2) is 144 Å². The van der Waals surface area contributed by atoms with Crippen molar-refractivity contribution in [1.82, 2.24) is 20.4 Å². The molecule has 0 aromatic heterocycles. The lowest BCUT2D eigenvalue weighted by atomic mass is 10.1. The summed E-state index contributed by atoms with van der Waals surface area (Å²) in [7, 11) is -3.63. The van der Waals surface area contributed by atoms with Crippen LogP contribution in [0.1, 0.15) is 56.3 Å². The van der Waals surface area contributed by atoms with Gasteiger partial charge < -0.3 is 29.7 Å². The summed E-state index contributed by atoms with van der Waals surface area (Å²) in [6.07, 6.45) is -0.627. The first kappa shape index (κ1) is 50.4. The van der Waals surface area contributed by atoms with E-state index in [4.69, 9.17) is 25.0 Å². The van der Waals surface area contributed by atoms with E-state index in [2.05, 4.69) is 24.6 Å². The highest BCUT2D eigenvalue weighted by Gasteiger charge is 2.35. The average molecular weight is 953 g/mol. The zero-order valence-electron chi connectivity index (χ0n) is 38.4. The number of carbonyl (C=O) groups is 5. The zero-order valence-corrected chi connectivity index (χ0v) is 39.2. The van der Waals surface area contributed by atoms with Gasteiger partial charge in [0.1, 0.15) is 30.5 Å². The molecule has 0 saturated carbocycles. The summed E-state index contributed by atoms with van der Waals surface area (Å²) in [5, 5.41) is 21.5. The molecule has 7 rings (SSSR count). The highest BCUT2D eigenvalue weighted by atomic mass is 32.2. The van der Waals surface area contributed by atoms with E-state index in [0.29, 0.717) is 66.3 Å². The molecule has 3 aliphatic heterocycles. The Balaban J connectivity index is 0.000000230. The number of hydrogen-bond donors (Lipinski definition) is 4. The number of cyclic esters (lactones) is 2. The lowest BCUT2D eigenvalue weighted by Crippen LogP contribution is -2.49. The van der Waals surface area contributed by atoms with E-state index >= 15 is 0 Å². The number of piperazine rings is 1. The number of carbonyl (C=O) groups excluding carboxylic acids is 5. The first-order chi connectivity index (χ1) is 32.4. The zero-order chi connectivity index (χ0) is 49.0. The van der Waals surface area contributed by atoms with Crippen LogP contribution in [0.5, 0.6) is 0 Å². The van der Waals surface area contributed by atoms with Crippen molar-refractivity contribution in [2.24, 2.45) is 0 Å². The molecule has 4 aromatic rings. The minimum Gasteiger partial charge on any atom is -0.466 e. The quantitative estimate of drug-likeness (QED) is 0.0416. The standard InChI is InChI=1S/C28H35N5O5.C20H21N3O6S/c1-3-37-25(34)12-13-31-14-16-32(17-15-31)18-24-19-33(28(36)38-24)23-10-8-21(9-11-23)26(29)30-27(35)22-6-4-20(2)5-7-22;1-13-3-5-15(6-4-13)19(24)22-18(21)14-7-9-16(10-8-14)23-11-17(29-20(23)25)12-28-30(2,26)27/h4-11,24H,3,12-19H2,1-2H3,(H2,29,30,35);3-10,17H,11-12H2,1-2H3,(H2,21,22,24). The first-order valence-corrected chi connectivity index (χ1v) is 23.8. The third-order valence-corrected chi connectivity index (χ3v) is 11.7. The first-order valence-electron chi connectivity index (χ1n) is 22.0. The molecule has 0 bridgehead atoms. The molecule has 2 unspecified atom stereocenters. The summed E-state index contributed by atoms with van der Waals surface area (Å²) >= 11 is 0. The summed E-state index contributed by atoms with van der Waals surface area (Å²) in [5.41, 5.74) is 5.22.